The summed E-state index contributed by atoms with van der Waals surface area (Å²) in [5.74, 6) is 0.707. The smallest absolute Gasteiger partial charge is 0.223 e. The van der Waals surface area contributed by atoms with Gasteiger partial charge >= 0.3 is 0 Å². The number of carbonyl (C=O) groups is 1. The molecule has 1 amide bonds. The molecule has 114 valence electrons. The van der Waals surface area contributed by atoms with Gasteiger partial charge < -0.3 is 15.8 Å². The van der Waals surface area contributed by atoms with Gasteiger partial charge in [-0.1, -0.05) is 12.1 Å². The second-order valence-corrected chi connectivity index (χ2v) is 5.92. The summed E-state index contributed by atoms with van der Waals surface area (Å²) in [6, 6.07) is 8.44. The summed E-state index contributed by atoms with van der Waals surface area (Å²) in [5, 5.41) is 3.10. The lowest BCUT2D eigenvalue weighted by molar-refractivity contribution is -0.122. The Bertz CT molecular complexity index is 502. The van der Waals surface area contributed by atoms with Crippen molar-refractivity contribution in [3.05, 3.63) is 24.3 Å². The van der Waals surface area contributed by atoms with E-state index in [0.717, 1.165) is 25.6 Å². The number of nitrogen functional groups attached to an aromatic ring is 1. The highest BCUT2D eigenvalue weighted by atomic mass is 16.5. The number of nitrogens with zero attached hydrogens (tertiary/aromatic N) is 1. The van der Waals surface area contributed by atoms with E-state index >= 15 is 0 Å². The predicted octanol–water partition coefficient (Wildman–Crippen LogP) is 1.39. The summed E-state index contributed by atoms with van der Waals surface area (Å²) in [5.41, 5.74) is 6.39. The van der Waals surface area contributed by atoms with Crippen LogP contribution in [-0.2, 0) is 4.79 Å². The number of carbonyl (C=O) groups excluding carboxylic acids is 1. The van der Waals surface area contributed by atoms with Gasteiger partial charge in [-0.15, -0.1) is 0 Å². The van der Waals surface area contributed by atoms with Crippen LogP contribution in [0, 0.1) is 0 Å². The molecule has 5 heteroatoms. The molecule has 3 N–H and O–H groups in total. The van der Waals surface area contributed by atoms with Gasteiger partial charge in [0.25, 0.3) is 0 Å². The number of likely N-dealkylation sites (tertiary alicyclic amines) is 1. The van der Waals surface area contributed by atoms with Crippen molar-refractivity contribution in [1.29, 1.82) is 0 Å². The molecule has 1 atom stereocenters. The van der Waals surface area contributed by atoms with Crippen LogP contribution in [0.15, 0.2) is 24.3 Å². The molecule has 21 heavy (non-hydrogen) atoms. The number of para-hydroxylation sites is 2. The quantitative estimate of drug-likeness (QED) is 0.777. The molecule has 2 fully saturated rings. The van der Waals surface area contributed by atoms with E-state index < -0.39 is 0 Å². The van der Waals surface area contributed by atoms with Gasteiger partial charge in [0.1, 0.15) is 5.75 Å². The van der Waals surface area contributed by atoms with Gasteiger partial charge in [0.2, 0.25) is 5.91 Å². The minimum Gasteiger partial charge on any atom is -0.491 e. The first-order chi connectivity index (χ1) is 10.2. The maximum absolute atomic E-state index is 11.9. The normalized spacial score (nSPS) is 22.2. The van der Waals surface area contributed by atoms with E-state index in [1.54, 1.807) is 6.07 Å². The first-order valence-electron chi connectivity index (χ1n) is 7.73. The molecule has 0 radical (unpaired) electrons. The molecule has 3 rings (SSSR count). The lowest BCUT2D eigenvalue weighted by Crippen LogP contribution is -2.38. The zero-order valence-corrected chi connectivity index (χ0v) is 12.3. The number of rotatable bonds is 6. The maximum Gasteiger partial charge on any atom is 0.223 e. The van der Waals surface area contributed by atoms with Crippen molar-refractivity contribution in [2.45, 2.75) is 37.8 Å². The number of anilines is 1. The van der Waals surface area contributed by atoms with Crippen molar-refractivity contribution in [2.75, 3.05) is 25.4 Å². The van der Waals surface area contributed by atoms with E-state index in [-0.39, 0.29) is 5.91 Å². The Hall–Kier alpha value is -1.75. The number of hydrogen-bond acceptors (Lipinski definition) is 4. The van der Waals surface area contributed by atoms with Crippen molar-refractivity contribution >= 4 is 11.6 Å². The molecular weight excluding hydrogens is 266 g/mol. The largest absolute Gasteiger partial charge is 0.491 e. The van der Waals surface area contributed by atoms with Crippen LogP contribution in [0.2, 0.25) is 0 Å². The summed E-state index contributed by atoms with van der Waals surface area (Å²) < 4.78 is 5.55. The summed E-state index contributed by atoms with van der Waals surface area (Å²) in [6.07, 6.45) is 4.09. The third-order valence-corrected chi connectivity index (χ3v) is 4.15. The maximum atomic E-state index is 11.9. The highest BCUT2D eigenvalue weighted by Crippen LogP contribution is 2.29. The van der Waals surface area contributed by atoms with E-state index in [0.29, 0.717) is 30.5 Å². The topological polar surface area (TPSA) is 67.6 Å². The summed E-state index contributed by atoms with van der Waals surface area (Å²) in [6.45, 7) is 2.48. The van der Waals surface area contributed by atoms with Crippen LogP contribution < -0.4 is 15.8 Å². The molecule has 0 spiro atoms. The van der Waals surface area contributed by atoms with Gasteiger partial charge in [0, 0.05) is 25.2 Å². The van der Waals surface area contributed by atoms with E-state index in [1.807, 2.05) is 18.2 Å². The molecule has 1 aliphatic carbocycles. The summed E-state index contributed by atoms with van der Waals surface area (Å²) in [7, 11) is 0. The van der Waals surface area contributed by atoms with Crippen LogP contribution in [0.1, 0.15) is 25.7 Å². The average Bonchev–Trinajstić information content (AvgIpc) is 3.22. The highest BCUT2D eigenvalue weighted by Gasteiger charge is 2.34. The Morgan fingerprint density at radius 1 is 1.33 bits per heavy atom. The van der Waals surface area contributed by atoms with Gasteiger partial charge in [0.05, 0.1) is 18.7 Å². The van der Waals surface area contributed by atoms with E-state index in [9.17, 15) is 4.79 Å². The Kier molecular flexibility index (Phi) is 4.29. The van der Waals surface area contributed by atoms with Crippen LogP contribution in [-0.4, -0.2) is 42.6 Å². The van der Waals surface area contributed by atoms with Crippen molar-refractivity contribution in [1.82, 2.24) is 10.2 Å². The van der Waals surface area contributed by atoms with Crippen molar-refractivity contribution in [3.8, 4) is 5.75 Å². The average molecular weight is 289 g/mol. The van der Waals surface area contributed by atoms with Gasteiger partial charge in [-0.2, -0.15) is 0 Å². The van der Waals surface area contributed by atoms with Gasteiger partial charge in [-0.25, -0.2) is 0 Å². The van der Waals surface area contributed by atoms with Gasteiger partial charge in [0.15, 0.2) is 0 Å². The predicted molar refractivity (Wildman–Crippen MR) is 82.1 cm³/mol. The first kappa shape index (κ1) is 14.2. The molecule has 0 aromatic heterocycles. The van der Waals surface area contributed by atoms with Crippen molar-refractivity contribution < 1.29 is 9.53 Å². The second kappa shape index (κ2) is 6.35. The Balaban J connectivity index is 1.36. The molecule has 0 bridgehead atoms. The third kappa shape index (κ3) is 3.88. The molecule has 1 aromatic carbocycles. The minimum atomic E-state index is 0.0622. The SMILES string of the molecule is Nc1ccccc1OCCC(=O)NC1CCN(C2CC2)C1. The van der Waals surface area contributed by atoms with Crippen LogP contribution in [0.4, 0.5) is 5.69 Å². The Morgan fingerprint density at radius 3 is 2.90 bits per heavy atom. The molecule has 5 nitrogen and oxygen atoms in total. The standard InChI is InChI=1S/C16H23N3O2/c17-14-3-1-2-4-15(14)21-10-8-16(20)18-12-7-9-19(11-12)13-5-6-13/h1-4,12-13H,5-11,17H2,(H,18,20). The molecule has 1 saturated heterocycles. The fourth-order valence-electron chi connectivity index (χ4n) is 2.84. The number of amides is 1. The molecule has 1 aliphatic heterocycles. The van der Waals surface area contributed by atoms with E-state index in [1.165, 1.54) is 12.8 Å². The minimum absolute atomic E-state index is 0.0622. The van der Waals surface area contributed by atoms with Gasteiger partial charge in [-0.05, 0) is 31.4 Å². The van der Waals surface area contributed by atoms with Crippen LogP contribution >= 0.6 is 0 Å². The molecule has 1 aromatic rings. The number of ether oxygens (including phenoxy) is 1. The van der Waals surface area contributed by atoms with E-state index in [2.05, 4.69) is 10.2 Å². The fourth-order valence-corrected chi connectivity index (χ4v) is 2.84. The zero-order chi connectivity index (χ0) is 14.7. The Morgan fingerprint density at radius 2 is 2.14 bits per heavy atom. The number of benzene rings is 1. The monoisotopic (exact) mass is 289 g/mol. The van der Waals surface area contributed by atoms with Crippen LogP contribution in [0.5, 0.6) is 5.75 Å². The zero-order valence-electron chi connectivity index (χ0n) is 12.3. The number of nitrogens with two attached hydrogens (primary N) is 1. The molecule has 1 unspecified atom stereocenters. The van der Waals surface area contributed by atoms with E-state index in [4.69, 9.17) is 10.5 Å². The third-order valence-electron chi connectivity index (χ3n) is 4.15. The van der Waals surface area contributed by atoms with Gasteiger partial charge in [-0.3, -0.25) is 9.69 Å². The number of nitrogens with one attached hydrogen (secondary N) is 1. The Labute approximate surface area is 125 Å². The molecule has 2 aliphatic rings. The molecule has 1 saturated carbocycles. The van der Waals surface area contributed by atoms with Crippen LogP contribution in [0.3, 0.4) is 0 Å². The highest BCUT2D eigenvalue weighted by molar-refractivity contribution is 5.76. The summed E-state index contributed by atoms with van der Waals surface area (Å²) in [4.78, 5) is 14.4. The first-order valence-corrected chi connectivity index (χ1v) is 7.73. The lowest BCUT2D eigenvalue weighted by atomic mass is 10.2. The van der Waals surface area contributed by atoms with Crippen molar-refractivity contribution in [2.24, 2.45) is 0 Å². The second-order valence-electron chi connectivity index (χ2n) is 5.92. The van der Waals surface area contributed by atoms with Crippen LogP contribution in [0.25, 0.3) is 0 Å². The van der Waals surface area contributed by atoms with Crippen molar-refractivity contribution in [3.63, 3.8) is 0 Å². The fraction of sp³-hybridized carbons (Fsp3) is 0.562. The molecular formula is C16H23N3O2. The number of hydrogen-bond donors (Lipinski definition) is 2. The molecule has 1 heterocycles. The summed E-state index contributed by atoms with van der Waals surface area (Å²) >= 11 is 0. The lowest BCUT2D eigenvalue weighted by Gasteiger charge is -2.16.